The molecule has 24 heavy (non-hydrogen) atoms. The van der Waals surface area contributed by atoms with E-state index < -0.39 is 23.8 Å². The maximum absolute atomic E-state index is 13.4. The van der Waals surface area contributed by atoms with Gasteiger partial charge in [-0.3, -0.25) is 9.59 Å². The van der Waals surface area contributed by atoms with Crippen LogP contribution in [0, 0.1) is 5.82 Å². The summed E-state index contributed by atoms with van der Waals surface area (Å²) in [6.07, 6.45) is 1.97. The minimum Gasteiger partial charge on any atom is -0.484 e. The molecule has 6 heteroatoms. The van der Waals surface area contributed by atoms with E-state index in [-0.39, 0.29) is 17.8 Å². The predicted octanol–water partition coefficient (Wildman–Crippen LogP) is 3.03. The standard InChI is InChI=1S/C18H14FNO4/c1-3-10-11(4-2)17(24-14(10)8-15(21)22)16-12-6-5-9(19)7-13(12)20-18(16)23/h3-7,14H,1-2,8H2,(H,20,23)(H,21,22)/b17-16+. The summed E-state index contributed by atoms with van der Waals surface area (Å²) in [5.74, 6) is -1.71. The Morgan fingerprint density at radius 2 is 2.12 bits per heavy atom. The van der Waals surface area contributed by atoms with Gasteiger partial charge in [-0.1, -0.05) is 25.3 Å². The van der Waals surface area contributed by atoms with E-state index in [9.17, 15) is 14.0 Å². The number of carboxylic acid groups (broad SMARTS) is 1. The van der Waals surface area contributed by atoms with Crippen LogP contribution in [0.4, 0.5) is 10.1 Å². The highest BCUT2D eigenvalue weighted by Gasteiger charge is 2.37. The van der Waals surface area contributed by atoms with Gasteiger partial charge >= 0.3 is 5.97 Å². The van der Waals surface area contributed by atoms with Gasteiger partial charge in [-0.25, -0.2) is 4.39 Å². The average molecular weight is 327 g/mol. The molecule has 0 bridgehead atoms. The molecule has 2 heterocycles. The number of benzene rings is 1. The number of hydrogen-bond acceptors (Lipinski definition) is 3. The first-order chi connectivity index (χ1) is 11.5. The minimum absolute atomic E-state index is 0.229. The Morgan fingerprint density at radius 1 is 1.38 bits per heavy atom. The van der Waals surface area contributed by atoms with Crippen LogP contribution in [-0.4, -0.2) is 23.1 Å². The molecule has 0 aliphatic carbocycles. The van der Waals surface area contributed by atoms with Crippen molar-refractivity contribution in [3.8, 4) is 0 Å². The molecule has 0 fully saturated rings. The molecule has 122 valence electrons. The summed E-state index contributed by atoms with van der Waals surface area (Å²) in [7, 11) is 0. The maximum atomic E-state index is 13.4. The van der Waals surface area contributed by atoms with E-state index in [2.05, 4.69) is 18.5 Å². The monoisotopic (exact) mass is 327 g/mol. The normalized spacial score (nSPS) is 22.0. The van der Waals surface area contributed by atoms with Gasteiger partial charge in [-0.15, -0.1) is 0 Å². The van der Waals surface area contributed by atoms with Gasteiger partial charge in [0.05, 0.1) is 17.7 Å². The van der Waals surface area contributed by atoms with Gasteiger partial charge in [-0.2, -0.15) is 0 Å². The Balaban J connectivity index is 2.18. The van der Waals surface area contributed by atoms with E-state index in [0.29, 0.717) is 22.4 Å². The first-order valence-corrected chi connectivity index (χ1v) is 7.19. The van der Waals surface area contributed by atoms with Gasteiger partial charge < -0.3 is 15.2 Å². The summed E-state index contributed by atoms with van der Waals surface area (Å²) < 4.78 is 19.1. The van der Waals surface area contributed by atoms with Crippen LogP contribution in [-0.2, 0) is 14.3 Å². The van der Waals surface area contributed by atoms with Crippen molar-refractivity contribution in [1.82, 2.24) is 0 Å². The molecule has 0 spiro atoms. The third-order valence-electron chi connectivity index (χ3n) is 3.90. The molecule has 2 aliphatic heterocycles. The number of rotatable bonds is 4. The smallest absolute Gasteiger partial charge is 0.307 e. The van der Waals surface area contributed by atoms with Crippen molar-refractivity contribution in [3.05, 3.63) is 71.8 Å². The lowest BCUT2D eigenvalue weighted by molar-refractivity contribution is -0.138. The van der Waals surface area contributed by atoms with Crippen LogP contribution in [0.15, 0.2) is 60.4 Å². The zero-order valence-electron chi connectivity index (χ0n) is 12.6. The van der Waals surface area contributed by atoms with E-state index in [4.69, 9.17) is 9.84 Å². The summed E-state index contributed by atoms with van der Waals surface area (Å²) in [5, 5.41) is 11.6. The number of hydrogen-bond donors (Lipinski definition) is 2. The summed E-state index contributed by atoms with van der Waals surface area (Å²) in [6, 6.07) is 3.94. The van der Waals surface area contributed by atoms with Crippen molar-refractivity contribution in [1.29, 1.82) is 0 Å². The molecule has 5 nitrogen and oxygen atoms in total. The molecule has 1 unspecified atom stereocenters. The Labute approximate surface area is 137 Å². The second-order valence-corrected chi connectivity index (χ2v) is 5.33. The highest BCUT2D eigenvalue weighted by Crippen LogP contribution is 2.42. The molecular weight excluding hydrogens is 313 g/mol. The molecule has 0 saturated heterocycles. The van der Waals surface area contributed by atoms with E-state index >= 15 is 0 Å². The molecule has 1 amide bonds. The zero-order chi connectivity index (χ0) is 17.4. The van der Waals surface area contributed by atoms with Crippen LogP contribution in [0.3, 0.4) is 0 Å². The highest BCUT2D eigenvalue weighted by atomic mass is 19.1. The largest absolute Gasteiger partial charge is 0.484 e. The summed E-state index contributed by atoms with van der Waals surface area (Å²) >= 11 is 0. The van der Waals surface area contributed by atoms with E-state index in [1.165, 1.54) is 30.4 Å². The highest BCUT2D eigenvalue weighted by molar-refractivity contribution is 6.32. The van der Waals surface area contributed by atoms with E-state index in [0.717, 1.165) is 0 Å². The molecule has 1 atom stereocenters. The molecule has 2 aliphatic rings. The number of amides is 1. The van der Waals surface area contributed by atoms with Crippen molar-refractivity contribution < 1.29 is 23.8 Å². The average Bonchev–Trinajstić information content (AvgIpc) is 3.01. The van der Waals surface area contributed by atoms with E-state index in [1.54, 1.807) is 0 Å². The Kier molecular flexibility index (Phi) is 3.81. The SMILES string of the molecule is C=CC1=C(C=C)C(CC(=O)O)O/C1=C1/C(=O)Nc2cc(F)ccc21. The maximum Gasteiger partial charge on any atom is 0.307 e. The number of ether oxygens (including phenoxy) is 1. The van der Waals surface area contributed by atoms with Crippen LogP contribution >= 0.6 is 0 Å². The third-order valence-corrected chi connectivity index (χ3v) is 3.90. The zero-order valence-corrected chi connectivity index (χ0v) is 12.6. The fourth-order valence-electron chi connectivity index (χ4n) is 2.90. The topological polar surface area (TPSA) is 75.6 Å². The van der Waals surface area contributed by atoms with Crippen molar-refractivity contribution in [2.24, 2.45) is 0 Å². The Morgan fingerprint density at radius 3 is 2.75 bits per heavy atom. The lowest BCUT2D eigenvalue weighted by Crippen LogP contribution is -2.15. The minimum atomic E-state index is -1.03. The number of aliphatic carboxylic acids is 1. The Bertz CT molecular complexity index is 851. The van der Waals surface area contributed by atoms with Crippen molar-refractivity contribution >= 4 is 23.1 Å². The van der Waals surface area contributed by atoms with Gasteiger partial charge in [-0.05, 0) is 18.2 Å². The lowest BCUT2D eigenvalue weighted by Gasteiger charge is -2.12. The number of nitrogens with one attached hydrogen (secondary N) is 1. The second-order valence-electron chi connectivity index (χ2n) is 5.33. The fourth-order valence-corrected chi connectivity index (χ4v) is 2.90. The second kappa shape index (κ2) is 5.81. The van der Waals surface area contributed by atoms with Gasteiger partial charge in [0, 0.05) is 16.7 Å². The van der Waals surface area contributed by atoms with Crippen LogP contribution in [0.25, 0.3) is 5.57 Å². The van der Waals surface area contributed by atoms with Gasteiger partial charge in [0.25, 0.3) is 5.91 Å². The number of carbonyl (C=O) groups excluding carboxylic acids is 1. The van der Waals surface area contributed by atoms with Crippen LogP contribution in [0.1, 0.15) is 12.0 Å². The molecule has 1 aromatic rings. The molecule has 2 N–H and O–H groups in total. The van der Waals surface area contributed by atoms with Crippen molar-refractivity contribution in [3.63, 3.8) is 0 Å². The fraction of sp³-hybridized carbons (Fsp3) is 0.111. The van der Waals surface area contributed by atoms with Crippen LogP contribution in [0.5, 0.6) is 0 Å². The number of carbonyl (C=O) groups is 2. The summed E-state index contributed by atoms with van der Waals surface area (Å²) in [4.78, 5) is 23.4. The summed E-state index contributed by atoms with van der Waals surface area (Å²) in [6.45, 7) is 7.40. The molecule has 0 saturated carbocycles. The number of anilines is 1. The van der Waals surface area contributed by atoms with Gasteiger partial charge in [0.2, 0.25) is 0 Å². The van der Waals surface area contributed by atoms with Crippen LogP contribution < -0.4 is 5.32 Å². The molecule has 1 aromatic carbocycles. The molecular formula is C18H14FNO4. The van der Waals surface area contributed by atoms with Crippen LogP contribution in [0.2, 0.25) is 0 Å². The number of carboxylic acids is 1. The first kappa shape index (κ1) is 15.7. The van der Waals surface area contributed by atoms with Crippen molar-refractivity contribution in [2.45, 2.75) is 12.5 Å². The van der Waals surface area contributed by atoms with Gasteiger partial charge in [0.1, 0.15) is 17.7 Å². The molecule has 0 aromatic heterocycles. The number of halogens is 1. The first-order valence-electron chi connectivity index (χ1n) is 7.19. The molecule has 3 rings (SSSR count). The van der Waals surface area contributed by atoms with Crippen molar-refractivity contribution in [2.75, 3.05) is 5.32 Å². The third kappa shape index (κ3) is 2.42. The Hall–Kier alpha value is -3.15. The van der Waals surface area contributed by atoms with Gasteiger partial charge in [0.15, 0.2) is 0 Å². The van der Waals surface area contributed by atoms with E-state index in [1.807, 2.05) is 0 Å². The quantitative estimate of drug-likeness (QED) is 0.834. The number of fused-ring (bicyclic) bond motifs is 1. The predicted molar refractivity (Wildman–Crippen MR) is 86.5 cm³/mol. The molecule has 0 radical (unpaired) electrons. The summed E-state index contributed by atoms with van der Waals surface area (Å²) in [5.41, 5.74) is 2.13. The lowest BCUT2D eigenvalue weighted by atomic mass is 9.98. The number of allylic oxidation sites excluding steroid dienone is 1.